The highest BCUT2D eigenvalue weighted by Crippen LogP contribution is 2.35. The molecule has 2 aromatic rings. The number of carbonyl (C=O) groups excluding carboxylic acids is 1. The van der Waals surface area contributed by atoms with Crippen LogP contribution in [0.4, 0.5) is 0 Å². The highest BCUT2D eigenvalue weighted by molar-refractivity contribution is 5.85. The molecule has 5 nitrogen and oxygen atoms in total. The van der Waals surface area contributed by atoms with Gasteiger partial charge in [-0.05, 0) is 19.9 Å². The Hall–Kier alpha value is -2.21. The number of esters is 1. The number of ether oxygens (including phenoxy) is 1. The van der Waals surface area contributed by atoms with E-state index in [1.807, 2.05) is 19.2 Å². The Morgan fingerprint density at radius 1 is 1.00 bits per heavy atom. The van der Waals surface area contributed by atoms with E-state index in [0.29, 0.717) is 11.1 Å². The van der Waals surface area contributed by atoms with Crippen LogP contribution in [-0.4, -0.2) is 42.4 Å². The van der Waals surface area contributed by atoms with E-state index in [2.05, 4.69) is 4.90 Å². The van der Waals surface area contributed by atoms with E-state index in [0.717, 1.165) is 25.9 Å². The molecule has 132 valence electrons. The molecule has 2 aromatic carbocycles. The van der Waals surface area contributed by atoms with Gasteiger partial charge in [-0.2, -0.15) is 0 Å². The number of piperidine rings is 1. The maximum absolute atomic E-state index is 13.1. The van der Waals surface area contributed by atoms with Crippen molar-refractivity contribution in [2.45, 2.75) is 24.5 Å². The molecule has 3 rings (SSSR count). The van der Waals surface area contributed by atoms with Gasteiger partial charge >= 0.3 is 5.97 Å². The Balaban J connectivity index is 1.95. The van der Waals surface area contributed by atoms with Gasteiger partial charge in [0.15, 0.2) is 0 Å². The summed E-state index contributed by atoms with van der Waals surface area (Å²) in [5.74, 6) is -0.595. The van der Waals surface area contributed by atoms with Crippen molar-refractivity contribution in [2.75, 3.05) is 20.1 Å². The summed E-state index contributed by atoms with van der Waals surface area (Å²) in [5, 5.41) is 9.82. The largest absolute Gasteiger partial charge is 0.460 e. The molecule has 0 atom stereocenters. The molecule has 0 radical (unpaired) electrons. The summed E-state index contributed by atoms with van der Waals surface area (Å²) in [4.78, 5) is 20.2. The van der Waals surface area contributed by atoms with Crippen LogP contribution < -0.4 is 0 Å². The van der Waals surface area contributed by atoms with Crippen LogP contribution in [0.3, 0.4) is 0 Å². The van der Waals surface area contributed by atoms with Crippen molar-refractivity contribution in [3.8, 4) is 0 Å². The van der Waals surface area contributed by atoms with E-state index in [1.54, 1.807) is 48.5 Å². The average molecular weight is 341 g/mol. The average Bonchev–Trinajstić information content (AvgIpc) is 2.66. The topological polar surface area (TPSA) is 59.0 Å². The van der Waals surface area contributed by atoms with Crippen LogP contribution in [0.1, 0.15) is 24.0 Å². The van der Waals surface area contributed by atoms with Crippen LogP contribution in [0.2, 0.25) is 0 Å². The van der Waals surface area contributed by atoms with Crippen LogP contribution in [0.25, 0.3) is 0 Å². The quantitative estimate of drug-likeness (QED) is 0.515. The number of nitrogens with zero attached hydrogens (tertiary/aromatic N) is 1. The van der Waals surface area contributed by atoms with Crippen LogP contribution in [0, 0.1) is 0 Å². The van der Waals surface area contributed by atoms with Gasteiger partial charge in [0.05, 0.1) is 0 Å². The van der Waals surface area contributed by atoms with Crippen molar-refractivity contribution in [3.63, 3.8) is 0 Å². The maximum atomic E-state index is 13.1. The first kappa shape index (κ1) is 17.6. The van der Waals surface area contributed by atoms with Crippen LogP contribution in [-0.2, 0) is 20.0 Å². The van der Waals surface area contributed by atoms with Gasteiger partial charge in [0, 0.05) is 24.2 Å². The van der Waals surface area contributed by atoms with Crippen molar-refractivity contribution < 1.29 is 19.7 Å². The van der Waals surface area contributed by atoms with Gasteiger partial charge in [-0.1, -0.05) is 60.7 Å². The Kier molecular flexibility index (Phi) is 5.48. The Bertz CT molecular complexity index is 642. The fourth-order valence-corrected chi connectivity index (χ4v) is 3.23. The number of hydrogen-bond acceptors (Lipinski definition) is 5. The van der Waals surface area contributed by atoms with E-state index < -0.39 is 11.6 Å². The van der Waals surface area contributed by atoms with Gasteiger partial charge in [0.1, 0.15) is 6.10 Å². The van der Waals surface area contributed by atoms with Crippen LogP contribution in [0.5, 0.6) is 0 Å². The third-order valence-corrected chi connectivity index (χ3v) is 4.72. The lowest BCUT2D eigenvalue weighted by atomic mass is 9.86. The predicted molar refractivity (Wildman–Crippen MR) is 94.0 cm³/mol. The third-order valence-electron chi connectivity index (χ3n) is 4.72. The number of carbonyl (C=O) groups is 1. The van der Waals surface area contributed by atoms with Gasteiger partial charge in [0.25, 0.3) is 0 Å². The molecule has 1 heterocycles. The minimum Gasteiger partial charge on any atom is -0.460 e. The first-order valence-electron chi connectivity index (χ1n) is 8.50. The zero-order valence-corrected chi connectivity index (χ0v) is 14.3. The van der Waals surface area contributed by atoms with Crippen molar-refractivity contribution >= 4 is 5.97 Å². The smallest absolute Gasteiger partial charge is 0.351 e. The standard InChI is InChI=1S/C20H23NO4/c1-21-14-12-18(13-15-21)24-19(22)20(25-23,16-8-4-2-5-9-16)17-10-6-3-7-11-17/h2-11,18,23H,12-15H2,1H3. The molecule has 0 bridgehead atoms. The van der Waals surface area contributed by atoms with Gasteiger partial charge in [-0.25, -0.2) is 14.9 Å². The molecule has 1 aliphatic heterocycles. The molecule has 1 fully saturated rings. The molecule has 0 amide bonds. The van der Waals surface area contributed by atoms with Crippen molar-refractivity contribution in [2.24, 2.45) is 0 Å². The molecule has 25 heavy (non-hydrogen) atoms. The minimum atomic E-state index is -1.69. The highest BCUT2D eigenvalue weighted by Gasteiger charge is 2.47. The van der Waals surface area contributed by atoms with Crippen molar-refractivity contribution in [1.82, 2.24) is 4.90 Å². The molecule has 0 aliphatic carbocycles. The highest BCUT2D eigenvalue weighted by atomic mass is 17.1. The van der Waals surface area contributed by atoms with Crippen LogP contribution >= 0.6 is 0 Å². The molecule has 0 saturated carbocycles. The molecule has 0 aromatic heterocycles. The Morgan fingerprint density at radius 2 is 1.48 bits per heavy atom. The van der Waals surface area contributed by atoms with Crippen molar-refractivity contribution in [3.05, 3.63) is 71.8 Å². The number of rotatable bonds is 5. The lowest BCUT2D eigenvalue weighted by molar-refractivity contribution is -0.312. The second kappa shape index (κ2) is 7.78. The zero-order chi connectivity index (χ0) is 17.7. The Labute approximate surface area is 147 Å². The molecule has 0 spiro atoms. The summed E-state index contributed by atoms with van der Waals surface area (Å²) in [6.07, 6.45) is 1.37. The first-order chi connectivity index (χ1) is 12.2. The zero-order valence-electron chi connectivity index (χ0n) is 14.3. The summed E-state index contributed by atoms with van der Waals surface area (Å²) in [6, 6.07) is 17.9. The van der Waals surface area contributed by atoms with Crippen molar-refractivity contribution in [1.29, 1.82) is 0 Å². The fourth-order valence-electron chi connectivity index (χ4n) is 3.23. The lowest BCUT2D eigenvalue weighted by Gasteiger charge is -2.33. The molecule has 1 aliphatic rings. The summed E-state index contributed by atoms with van der Waals surface area (Å²) in [5.41, 5.74) is -0.630. The normalized spacial score (nSPS) is 16.6. The van der Waals surface area contributed by atoms with E-state index in [4.69, 9.17) is 9.62 Å². The van der Waals surface area contributed by atoms with E-state index in [1.165, 1.54) is 0 Å². The predicted octanol–water partition coefficient (Wildman–Crippen LogP) is 3.06. The van der Waals surface area contributed by atoms with E-state index >= 15 is 0 Å². The van der Waals surface area contributed by atoms with Gasteiger partial charge in [-0.3, -0.25) is 0 Å². The summed E-state index contributed by atoms with van der Waals surface area (Å²) < 4.78 is 5.75. The summed E-state index contributed by atoms with van der Waals surface area (Å²) in [6.45, 7) is 1.75. The van der Waals surface area contributed by atoms with Gasteiger partial charge in [-0.15, -0.1) is 0 Å². The first-order valence-corrected chi connectivity index (χ1v) is 8.50. The van der Waals surface area contributed by atoms with E-state index in [9.17, 15) is 10.1 Å². The number of benzene rings is 2. The number of hydrogen-bond donors (Lipinski definition) is 1. The maximum Gasteiger partial charge on any atom is 0.351 e. The van der Waals surface area contributed by atoms with Gasteiger partial charge in [0.2, 0.25) is 5.60 Å². The molecule has 1 saturated heterocycles. The fraction of sp³-hybridized carbons (Fsp3) is 0.350. The molecular weight excluding hydrogens is 318 g/mol. The van der Waals surface area contributed by atoms with Gasteiger partial charge < -0.3 is 9.64 Å². The monoisotopic (exact) mass is 341 g/mol. The molecule has 5 heteroatoms. The second-order valence-corrected chi connectivity index (χ2v) is 6.41. The Morgan fingerprint density at radius 3 is 1.92 bits per heavy atom. The lowest BCUT2D eigenvalue weighted by Crippen LogP contribution is -2.44. The molecule has 1 N–H and O–H groups in total. The molecule has 0 unspecified atom stereocenters. The van der Waals surface area contributed by atoms with Crippen LogP contribution in [0.15, 0.2) is 60.7 Å². The SMILES string of the molecule is CN1CCC(OC(=O)C(OO)(c2ccccc2)c2ccccc2)CC1. The number of likely N-dealkylation sites (tertiary alicyclic amines) is 1. The minimum absolute atomic E-state index is 0.175. The molecular formula is C20H23NO4. The summed E-state index contributed by atoms with van der Waals surface area (Å²) >= 11 is 0. The summed E-state index contributed by atoms with van der Waals surface area (Å²) in [7, 11) is 2.05. The van der Waals surface area contributed by atoms with E-state index in [-0.39, 0.29) is 6.10 Å². The third kappa shape index (κ3) is 3.58. The second-order valence-electron chi connectivity index (χ2n) is 6.41.